The third-order valence-electron chi connectivity index (χ3n) is 1.71. The smallest absolute Gasteiger partial charge is 0.241 e. The van der Waals surface area contributed by atoms with Crippen molar-refractivity contribution in [3.05, 3.63) is 28.0 Å². The second-order valence-corrected chi connectivity index (χ2v) is 5.26. The maximum atomic E-state index is 13.3. The largest absolute Gasteiger partial charge is 0.295 e. The summed E-state index contributed by atoms with van der Waals surface area (Å²) in [5.74, 6) is -1.37. The van der Waals surface area contributed by atoms with Crippen LogP contribution in [0.1, 0.15) is 17.3 Å². The summed E-state index contributed by atoms with van der Waals surface area (Å²) in [6, 6.07) is 2.12. The molecule has 4 nitrogen and oxygen atoms in total. The van der Waals surface area contributed by atoms with E-state index in [4.69, 9.17) is 5.14 Å². The van der Waals surface area contributed by atoms with Crippen LogP contribution in [-0.4, -0.2) is 14.2 Å². The maximum absolute atomic E-state index is 13.3. The van der Waals surface area contributed by atoms with E-state index >= 15 is 0 Å². The highest BCUT2D eigenvalue weighted by atomic mass is 79.9. The Morgan fingerprint density at radius 2 is 2.00 bits per heavy atom. The lowest BCUT2D eigenvalue weighted by Gasteiger charge is -2.04. The summed E-state index contributed by atoms with van der Waals surface area (Å²) in [7, 11) is -4.17. The first-order chi connectivity index (χ1) is 6.73. The molecular weight excluding hydrogens is 289 g/mol. The fourth-order valence-corrected chi connectivity index (χ4v) is 2.22. The van der Waals surface area contributed by atoms with Gasteiger partial charge < -0.3 is 0 Å². The van der Waals surface area contributed by atoms with Crippen molar-refractivity contribution in [2.45, 2.75) is 11.8 Å². The molecule has 1 rings (SSSR count). The lowest BCUT2D eigenvalue weighted by atomic mass is 10.1. The van der Waals surface area contributed by atoms with Crippen LogP contribution in [0.15, 0.2) is 21.5 Å². The van der Waals surface area contributed by atoms with E-state index in [1.54, 1.807) is 0 Å². The summed E-state index contributed by atoms with van der Waals surface area (Å²) < 4.78 is 35.2. The molecule has 0 aromatic heterocycles. The summed E-state index contributed by atoms with van der Waals surface area (Å²) in [6.07, 6.45) is 0. The Morgan fingerprint density at radius 3 is 2.40 bits per heavy atom. The first-order valence-corrected chi connectivity index (χ1v) is 6.10. The number of primary sulfonamides is 1. The number of ketones is 1. The molecule has 0 bridgehead atoms. The van der Waals surface area contributed by atoms with Crippen LogP contribution in [0.25, 0.3) is 0 Å². The van der Waals surface area contributed by atoms with Gasteiger partial charge in [-0.1, -0.05) is 0 Å². The van der Waals surface area contributed by atoms with Crippen molar-refractivity contribution in [1.82, 2.24) is 0 Å². The van der Waals surface area contributed by atoms with Crippen molar-refractivity contribution in [1.29, 1.82) is 0 Å². The normalized spacial score (nSPS) is 11.5. The van der Waals surface area contributed by atoms with Crippen LogP contribution in [0.5, 0.6) is 0 Å². The van der Waals surface area contributed by atoms with Crippen LogP contribution in [0.3, 0.4) is 0 Å². The van der Waals surface area contributed by atoms with Crippen LogP contribution >= 0.6 is 15.9 Å². The Balaban J connectivity index is 3.59. The van der Waals surface area contributed by atoms with Crippen molar-refractivity contribution in [2.75, 3.05) is 0 Å². The zero-order chi connectivity index (χ0) is 11.8. The lowest BCUT2D eigenvalue weighted by Crippen LogP contribution is -2.15. The molecular formula is C8H7BrFNO3S. The van der Waals surface area contributed by atoms with Gasteiger partial charge in [-0.2, -0.15) is 0 Å². The van der Waals surface area contributed by atoms with Gasteiger partial charge in [-0.3, -0.25) is 4.79 Å². The van der Waals surface area contributed by atoms with Gasteiger partial charge in [0.25, 0.3) is 0 Å². The summed E-state index contributed by atoms with van der Waals surface area (Å²) in [4.78, 5) is 10.3. The lowest BCUT2D eigenvalue weighted by molar-refractivity contribution is 0.101. The maximum Gasteiger partial charge on any atom is 0.241 e. The van der Waals surface area contributed by atoms with Crippen LogP contribution in [-0.2, 0) is 10.0 Å². The number of hydrogen-bond acceptors (Lipinski definition) is 3. The molecule has 15 heavy (non-hydrogen) atoms. The van der Waals surface area contributed by atoms with Gasteiger partial charge in [-0.05, 0) is 35.0 Å². The van der Waals surface area contributed by atoms with Gasteiger partial charge in [0.05, 0.1) is 4.47 Å². The second kappa shape index (κ2) is 3.99. The fourth-order valence-electron chi connectivity index (χ4n) is 0.974. The van der Waals surface area contributed by atoms with Crippen molar-refractivity contribution >= 4 is 31.7 Å². The number of Topliss-reactive ketones (excluding diaryl/α,β-unsaturated/α-hetero) is 1. The molecule has 0 aliphatic carbocycles. The van der Waals surface area contributed by atoms with E-state index in [1.165, 1.54) is 13.0 Å². The van der Waals surface area contributed by atoms with E-state index in [-0.39, 0.29) is 15.8 Å². The van der Waals surface area contributed by atoms with Crippen LogP contribution < -0.4 is 5.14 Å². The Labute approximate surface area is 94.5 Å². The van der Waals surface area contributed by atoms with E-state index in [1.807, 2.05) is 0 Å². The van der Waals surface area contributed by atoms with Gasteiger partial charge in [-0.25, -0.2) is 17.9 Å². The number of carbonyl (C=O) groups is 1. The number of carbonyl (C=O) groups excluding carboxylic acids is 1. The van der Waals surface area contributed by atoms with Crippen molar-refractivity contribution in [3.63, 3.8) is 0 Å². The minimum absolute atomic E-state index is 0.0762. The zero-order valence-corrected chi connectivity index (χ0v) is 10.0. The molecule has 0 aliphatic rings. The molecule has 0 fully saturated rings. The van der Waals surface area contributed by atoms with Gasteiger partial charge in [0.15, 0.2) is 11.6 Å². The highest BCUT2D eigenvalue weighted by Crippen LogP contribution is 2.24. The summed E-state index contributed by atoms with van der Waals surface area (Å²) in [6.45, 7) is 1.24. The first kappa shape index (κ1) is 12.3. The Morgan fingerprint density at radius 1 is 1.47 bits per heavy atom. The van der Waals surface area contributed by atoms with Gasteiger partial charge in [0.1, 0.15) is 4.90 Å². The van der Waals surface area contributed by atoms with Crippen LogP contribution in [0.4, 0.5) is 4.39 Å². The molecule has 0 unspecified atom stereocenters. The molecule has 1 aromatic rings. The number of nitrogens with two attached hydrogens (primary N) is 1. The van der Waals surface area contributed by atoms with Gasteiger partial charge in [-0.15, -0.1) is 0 Å². The third kappa shape index (κ3) is 2.61. The molecule has 0 saturated carbocycles. The summed E-state index contributed by atoms with van der Waals surface area (Å²) >= 11 is 2.81. The van der Waals surface area contributed by atoms with Crippen molar-refractivity contribution < 1.29 is 17.6 Å². The highest BCUT2D eigenvalue weighted by Gasteiger charge is 2.19. The third-order valence-corrected chi connectivity index (χ3v) is 3.20. The SMILES string of the molecule is CC(=O)c1cc(Br)c(F)c(S(N)(=O)=O)c1. The molecule has 82 valence electrons. The molecule has 0 heterocycles. The summed E-state index contributed by atoms with van der Waals surface area (Å²) in [5, 5.41) is 4.80. The first-order valence-electron chi connectivity index (χ1n) is 3.76. The minimum atomic E-state index is -4.17. The predicted octanol–water partition coefficient (Wildman–Crippen LogP) is 1.44. The molecule has 0 amide bonds. The van der Waals surface area contributed by atoms with Gasteiger partial charge in [0, 0.05) is 5.56 Å². The Kier molecular flexibility index (Phi) is 3.27. The molecule has 1 aromatic carbocycles. The van der Waals surface area contributed by atoms with E-state index in [9.17, 15) is 17.6 Å². The fraction of sp³-hybridized carbons (Fsp3) is 0.125. The van der Waals surface area contributed by atoms with E-state index in [2.05, 4.69) is 15.9 Å². The predicted molar refractivity (Wildman–Crippen MR) is 55.5 cm³/mol. The van der Waals surface area contributed by atoms with Crippen molar-refractivity contribution in [2.24, 2.45) is 5.14 Å². The molecule has 0 aliphatic heterocycles. The number of hydrogen-bond donors (Lipinski definition) is 1. The molecule has 7 heteroatoms. The monoisotopic (exact) mass is 295 g/mol. The van der Waals surface area contributed by atoms with Gasteiger partial charge in [0.2, 0.25) is 10.0 Å². The summed E-state index contributed by atoms with van der Waals surface area (Å²) in [5.41, 5.74) is 0.0762. The number of sulfonamides is 1. The Hall–Kier alpha value is -0.790. The molecule has 0 saturated heterocycles. The van der Waals surface area contributed by atoms with Crippen LogP contribution in [0, 0.1) is 5.82 Å². The molecule has 0 atom stereocenters. The zero-order valence-electron chi connectivity index (χ0n) is 7.62. The number of benzene rings is 1. The Bertz CT molecular complexity index is 527. The van der Waals surface area contributed by atoms with E-state index < -0.39 is 20.7 Å². The topological polar surface area (TPSA) is 77.2 Å². The van der Waals surface area contributed by atoms with E-state index in [0.717, 1.165) is 6.07 Å². The second-order valence-electron chi connectivity index (χ2n) is 2.87. The van der Waals surface area contributed by atoms with Crippen molar-refractivity contribution in [3.8, 4) is 0 Å². The minimum Gasteiger partial charge on any atom is -0.295 e. The number of halogens is 2. The van der Waals surface area contributed by atoms with Crippen LogP contribution in [0.2, 0.25) is 0 Å². The highest BCUT2D eigenvalue weighted by molar-refractivity contribution is 9.10. The number of rotatable bonds is 2. The van der Waals surface area contributed by atoms with E-state index in [0.29, 0.717) is 0 Å². The quantitative estimate of drug-likeness (QED) is 0.839. The average molecular weight is 296 g/mol. The molecule has 0 radical (unpaired) electrons. The van der Waals surface area contributed by atoms with Gasteiger partial charge >= 0.3 is 0 Å². The molecule has 0 spiro atoms. The standard InChI is InChI=1S/C8H7BrFNO3S/c1-4(12)5-2-6(9)8(10)7(3-5)15(11,13)14/h2-3H,1H3,(H2,11,13,14). The average Bonchev–Trinajstić information content (AvgIpc) is 2.06. The molecule has 2 N–H and O–H groups in total.